The molecule has 238 valence electrons. The van der Waals surface area contributed by atoms with E-state index in [2.05, 4.69) is 5.32 Å². The molecule has 0 unspecified atom stereocenters. The van der Waals surface area contributed by atoms with Crippen LogP contribution < -0.4 is 10.0 Å². The number of carbonyl (C=O) groups is 2. The van der Waals surface area contributed by atoms with Gasteiger partial charge in [-0.3, -0.25) is 0 Å². The van der Waals surface area contributed by atoms with Crippen molar-refractivity contribution in [1.82, 2.24) is 19.8 Å². The van der Waals surface area contributed by atoms with Crippen molar-refractivity contribution in [3.63, 3.8) is 0 Å². The number of hydrogen-bond acceptors (Lipinski definition) is 7. The van der Waals surface area contributed by atoms with E-state index in [4.69, 9.17) is 4.74 Å². The number of sulfonamides is 1. The number of nitrogens with zero attached hydrogens (tertiary/aromatic N) is 2. The Kier molecular flexibility index (Phi) is 10.4. The highest BCUT2D eigenvalue weighted by atomic mass is 32.2. The van der Waals surface area contributed by atoms with E-state index in [1.165, 1.54) is 36.2 Å². The van der Waals surface area contributed by atoms with Gasteiger partial charge in [-0.05, 0) is 63.9 Å². The van der Waals surface area contributed by atoms with E-state index in [-0.39, 0.29) is 18.0 Å². The molecule has 0 radical (unpaired) electrons. The number of hydrogen-bond donors (Lipinski definition) is 2. The highest BCUT2D eigenvalue weighted by molar-refractivity contribution is 7.91. The largest absolute Gasteiger partial charge is 0.444 e. The molecule has 43 heavy (non-hydrogen) atoms. The summed E-state index contributed by atoms with van der Waals surface area (Å²) in [6, 6.07) is 7.50. The highest BCUT2D eigenvalue weighted by Crippen LogP contribution is 2.36. The number of ether oxygens (including phenoxy) is 1. The smallest absolute Gasteiger partial charge is 0.417 e. The Morgan fingerprint density at radius 1 is 1.02 bits per heavy atom. The molecule has 3 amide bonds. The molecule has 0 spiro atoms. The number of urea groups is 1. The highest BCUT2D eigenvalue weighted by Gasteiger charge is 2.38. The van der Waals surface area contributed by atoms with Gasteiger partial charge in [-0.2, -0.15) is 13.2 Å². The molecular formula is C27H35F3N4O7S2. The molecule has 2 aromatic rings. The molecule has 0 aliphatic carbocycles. The van der Waals surface area contributed by atoms with Gasteiger partial charge in [0.05, 0.1) is 20.2 Å². The lowest BCUT2D eigenvalue weighted by molar-refractivity contribution is -0.139. The third kappa shape index (κ3) is 9.06. The van der Waals surface area contributed by atoms with Gasteiger partial charge in [0.2, 0.25) is 19.9 Å². The van der Waals surface area contributed by atoms with Crippen molar-refractivity contribution in [3.8, 4) is 0 Å². The molecule has 2 aromatic carbocycles. The lowest BCUT2D eigenvalue weighted by atomic mass is 10.1. The zero-order chi connectivity index (χ0) is 32.2. The summed E-state index contributed by atoms with van der Waals surface area (Å²) in [4.78, 5) is 25.6. The van der Waals surface area contributed by atoms with Crippen molar-refractivity contribution >= 4 is 32.0 Å². The van der Waals surface area contributed by atoms with E-state index >= 15 is 0 Å². The summed E-state index contributed by atoms with van der Waals surface area (Å²) in [7, 11) is -7.82. The fraction of sp³-hybridized carbons (Fsp3) is 0.481. The molecule has 16 heteroatoms. The number of likely N-dealkylation sites (N-methyl/N-ethyl adjacent to an activating group) is 1. The molecule has 1 atom stereocenters. The first-order valence-electron chi connectivity index (χ1n) is 13.3. The number of piperidine rings is 1. The van der Waals surface area contributed by atoms with Crippen molar-refractivity contribution in [2.24, 2.45) is 0 Å². The van der Waals surface area contributed by atoms with Crippen LogP contribution in [0.2, 0.25) is 0 Å². The van der Waals surface area contributed by atoms with E-state index in [1.807, 2.05) is 4.72 Å². The van der Waals surface area contributed by atoms with Gasteiger partial charge in [0, 0.05) is 39.3 Å². The number of nitrogens with one attached hydrogen (secondary N) is 2. The van der Waals surface area contributed by atoms with Gasteiger partial charge >= 0.3 is 18.3 Å². The molecular weight excluding hydrogens is 613 g/mol. The topological polar surface area (TPSA) is 142 Å². The maximum atomic E-state index is 13.7. The third-order valence-corrected chi connectivity index (χ3v) is 9.67. The van der Waals surface area contributed by atoms with Crippen LogP contribution >= 0.6 is 0 Å². The second-order valence-corrected chi connectivity index (χ2v) is 14.7. The molecule has 1 fully saturated rings. The molecule has 0 bridgehead atoms. The molecule has 1 aliphatic rings. The average molecular weight is 649 g/mol. The van der Waals surface area contributed by atoms with Crippen molar-refractivity contribution in [2.75, 3.05) is 33.2 Å². The fourth-order valence-corrected chi connectivity index (χ4v) is 6.91. The normalized spacial score (nSPS) is 16.4. The standard InChI is InChI=1S/C27H35F3N4O7S2/c1-26(2,3)41-25(36)34-15-8-9-19(18-34)32-24(35)33(4)16-14-31-43(39,40)23-17-21(12-13-22(23)27(28,29)30)42(37,38)20-10-6-5-7-11-20/h5-7,10-13,17,19,31H,8-9,14-16,18H2,1-4H3,(H,32,35)/t19-/m1/s1. The lowest BCUT2D eigenvalue weighted by Crippen LogP contribution is -2.53. The first-order chi connectivity index (χ1) is 19.8. The van der Waals surface area contributed by atoms with Crippen LogP contribution in [0, 0.1) is 0 Å². The van der Waals surface area contributed by atoms with Gasteiger partial charge in [0.1, 0.15) is 5.60 Å². The molecule has 1 aliphatic heterocycles. The third-order valence-electron chi connectivity index (χ3n) is 6.40. The van der Waals surface area contributed by atoms with E-state index in [9.17, 15) is 39.6 Å². The minimum Gasteiger partial charge on any atom is -0.444 e. The van der Waals surface area contributed by atoms with Crippen LogP contribution in [0.15, 0.2) is 63.2 Å². The number of halogens is 3. The summed E-state index contributed by atoms with van der Waals surface area (Å²) >= 11 is 0. The molecule has 0 saturated carbocycles. The zero-order valence-corrected chi connectivity index (χ0v) is 25.8. The van der Waals surface area contributed by atoms with Crippen molar-refractivity contribution in [1.29, 1.82) is 0 Å². The predicted octanol–water partition coefficient (Wildman–Crippen LogP) is 3.86. The quantitative estimate of drug-likeness (QED) is 0.443. The average Bonchev–Trinajstić information content (AvgIpc) is 2.91. The fourth-order valence-electron chi connectivity index (χ4n) is 4.26. The van der Waals surface area contributed by atoms with Crippen LogP contribution in [0.3, 0.4) is 0 Å². The molecule has 1 heterocycles. The summed E-state index contributed by atoms with van der Waals surface area (Å²) in [6.45, 7) is 5.21. The Morgan fingerprint density at radius 3 is 2.28 bits per heavy atom. The Hall–Kier alpha value is -3.37. The van der Waals surface area contributed by atoms with Crippen molar-refractivity contribution < 1.29 is 44.3 Å². The van der Waals surface area contributed by atoms with Crippen molar-refractivity contribution in [2.45, 2.75) is 66.1 Å². The van der Waals surface area contributed by atoms with Gasteiger partial charge in [-0.15, -0.1) is 0 Å². The van der Waals surface area contributed by atoms with E-state index < -0.39 is 71.7 Å². The van der Waals surface area contributed by atoms with Crippen LogP contribution in [0.1, 0.15) is 39.2 Å². The molecule has 1 saturated heterocycles. The number of sulfone groups is 1. The van der Waals surface area contributed by atoms with Gasteiger partial charge in [0.25, 0.3) is 0 Å². The van der Waals surface area contributed by atoms with E-state index in [0.717, 1.165) is 4.90 Å². The molecule has 11 nitrogen and oxygen atoms in total. The van der Waals surface area contributed by atoms with Crippen LogP contribution in [-0.4, -0.2) is 83.6 Å². The van der Waals surface area contributed by atoms with Gasteiger partial charge in [-0.25, -0.2) is 31.1 Å². The monoisotopic (exact) mass is 648 g/mol. The Bertz CT molecular complexity index is 1530. The first-order valence-corrected chi connectivity index (χ1v) is 16.3. The first kappa shape index (κ1) is 34.1. The van der Waals surface area contributed by atoms with Gasteiger partial charge < -0.3 is 19.9 Å². The lowest BCUT2D eigenvalue weighted by Gasteiger charge is -2.35. The minimum atomic E-state index is -5.09. The second kappa shape index (κ2) is 13.1. The number of carbonyl (C=O) groups excluding carboxylic acids is 2. The van der Waals surface area contributed by atoms with E-state index in [0.29, 0.717) is 37.6 Å². The zero-order valence-electron chi connectivity index (χ0n) is 24.1. The number of likely N-dealkylation sites (tertiary alicyclic amines) is 1. The maximum Gasteiger partial charge on any atom is 0.417 e. The Balaban J connectivity index is 1.68. The van der Waals surface area contributed by atoms with Gasteiger partial charge in [-0.1, -0.05) is 18.2 Å². The van der Waals surface area contributed by atoms with Crippen LogP contribution in [0.5, 0.6) is 0 Å². The van der Waals surface area contributed by atoms with Crippen LogP contribution in [0.25, 0.3) is 0 Å². The second-order valence-electron chi connectivity index (χ2n) is 11.0. The maximum absolute atomic E-state index is 13.7. The van der Waals surface area contributed by atoms with Gasteiger partial charge in [0.15, 0.2) is 0 Å². The Morgan fingerprint density at radius 2 is 1.67 bits per heavy atom. The summed E-state index contributed by atoms with van der Waals surface area (Å²) in [6.07, 6.45) is -4.39. The number of benzene rings is 2. The molecule has 3 rings (SSSR count). The number of alkyl halides is 3. The SMILES string of the molecule is CN(CCNS(=O)(=O)c1cc(S(=O)(=O)c2ccccc2)ccc1C(F)(F)F)C(=O)N[C@@H]1CCCN(C(=O)OC(C)(C)C)C1. The Labute approximate surface area is 249 Å². The number of amides is 3. The van der Waals surface area contributed by atoms with Crippen LogP contribution in [0.4, 0.5) is 22.8 Å². The predicted molar refractivity (Wildman–Crippen MR) is 151 cm³/mol. The number of rotatable bonds is 8. The summed E-state index contributed by atoms with van der Waals surface area (Å²) in [5.74, 6) is 0. The molecule has 2 N–H and O–H groups in total. The van der Waals surface area contributed by atoms with Crippen molar-refractivity contribution in [3.05, 3.63) is 54.1 Å². The summed E-state index contributed by atoms with van der Waals surface area (Å²) in [5.41, 5.74) is -2.22. The summed E-state index contributed by atoms with van der Waals surface area (Å²) < 4.78 is 101. The van der Waals surface area contributed by atoms with E-state index in [1.54, 1.807) is 26.8 Å². The minimum absolute atomic E-state index is 0.212. The molecule has 0 aromatic heterocycles. The van der Waals surface area contributed by atoms with Crippen LogP contribution in [-0.2, 0) is 30.8 Å². The summed E-state index contributed by atoms with van der Waals surface area (Å²) in [5, 5.41) is 2.76.